The number of aromatic nitrogens is 3. The zero-order valence-electron chi connectivity index (χ0n) is 13.9. The molecule has 10 heteroatoms. The average Bonchev–Trinajstić information content (AvgIpc) is 3.01. The fourth-order valence-electron chi connectivity index (χ4n) is 2.85. The van der Waals surface area contributed by atoms with Gasteiger partial charge in [0, 0.05) is 38.6 Å². The van der Waals surface area contributed by atoms with Gasteiger partial charge >= 0.3 is 6.18 Å². The molecule has 1 N–H and O–H groups in total. The standard InChI is InChI=1S/C16H17BrF3N5O/c1-24-5-4-13(23-24)15(26)22-11-2-6-25(7-3-11)14-12(17)8-10(9-21-14)16(18,19)20/h4-5,8-9,11H,2-3,6-7H2,1H3,(H,22,26). The van der Waals surface area contributed by atoms with Crippen LogP contribution >= 0.6 is 15.9 Å². The number of nitrogens with one attached hydrogen (secondary N) is 1. The third kappa shape index (κ3) is 4.17. The topological polar surface area (TPSA) is 63.1 Å². The molecule has 0 aliphatic carbocycles. The van der Waals surface area contributed by atoms with E-state index in [0.29, 0.717) is 41.9 Å². The van der Waals surface area contributed by atoms with Crippen molar-refractivity contribution in [2.24, 2.45) is 7.05 Å². The predicted molar refractivity (Wildman–Crippen MR) is 92.8 cm³/mol. The summed E-state index contributed by atoms with van der Waals surface area (Å²) in [5, 5.41) is 7.01. The van der Waals surface area contributed by atoms with Crippen LogP contribution in [-0.2, 0) is 13.2 Å². The fraction of sp³-hybridized carbons (Fsp3) is 0.438. The van der Waals surface area contributed by atoms with Crippen molar-refractivity contribution in [1.29, 1.82) is 0 Å². The molecule has 2 aromatic rings. The SMILES string of the molecule is Cn1ccc(C(=O)NC2CCN(c3ncc(C(F)(F)F)cc3Br)CC2)n1. The second kappa shape index (κ2) is 7.26. The van der Waals surface area contributed by atoms with Crippen LogP contribution in [-0.4, -0.2) is 39.8 Å². The lowest BCUT2D eigenvalue weighted by Crippen LogP contribution is -2.45. The number of hydrogen-bond donors (Lipinski definition) is 1. The van der Waals surface area contributed by atoms with Crippen LogP contribution in [0.5, 0.6) is 0 Å². The first-order valence-corrected chi connectivity index (χ1v) is 8.81. The van der Waals surface area contributed by atoms with E-state index in [9.17, 15) is 18.0 Å². The van der Waals surface area contributed by atoms with Crippen molar-refractivity contribution in [3.05, 3.63) is 40.3 Å². The molecule has 1 saturated heterocycles. The Labute approximate surface area is 156 Å². The summed E-state index contributed by atoms with van der Waals surface area (Å²) in [6.07, 6.45) is -0.529. The molecule has 0 aromatic carbocycles. The van der Waals surface area contributed by atoms with Gasteiger partial charge in [-0.2, -0.15) is 18.3 Å². The van der Waals surface area contributed by atoms with E-state index in [4.69, 9.17) is 0 Å². The van der Waals surface area contributed by atoms with Gasteiger partial charge in [-0.1, -0.05) is 0 Å². The Balaban J connectivity index is 1.59. The van der Waals surface area contributed by atoms with Crippen LogP contribution in [0.2, 0.25) is 0 Å². The van der Waals surface area contributed by atoms with E-state index in [1.165, 1.54) is 0 Å². The number of carbonyl (C=O) groups is 1. The quantitative estimate of drug-likeness (QED) is 0.811. The molecule has 3 rings (SSSR count). The second-order valence-corrected chi connectivity index (χ2v) is 6.99. The number of alkyl halides is 3. The second-order valence-electron chi connectivity index (χ2n) is 6.14. The molecule has 2 aromatic heterocycles. The number of anilines is 1. The molecule has 0 saturated carbocycles. The van der Waals surface area contributed by atoms with Gasteiger partial charge in [0.1, 0.15) is 11.5 Å². The molecule has 26 heavy (non-hydrogen) atoms. The number of aryl methyl sites for hydroxylation is 1. The van der Waals surface area contributed by atoms with Crippen LogP contribution in [0.15, 0.2) is 29.0 Å². The van der Waals surface area contributed by atoms with Crippen molar-refractivity contribution in [2.75, 3.05) is 18.0 Å². The summed E-state index contributed by atoms with van der Waals surface area (Å²) in [4.78, 5) is 18.0. The van der Waals surface area contributed by atoms with Crippen LogP contribution in [0.3, 0.4) is 0 Å². The highest BCUT2D eigenvalue weighted by Crippen LogP contribution is 2.34. The zero-order chi connectivity index (χ0) is 18.9. The van der Waals surface area contributed by atoms with E-state index in [2.05, 4.69) is 31.3 Å². The van der Waals surface area contributed by atoms with Crippen molar-refractivity contribution in [1.82, 2.24) is 20.1 Å². The van der Waals surface area contributed by atoms with E-state index in [0.717, 1.165) is 12.3 Å². The van der Waals surface area contributed by atoms with E-state index in [1.54, 1.807) is 24.0 Å². The summed E-state index contributed by atoms with van der Waals surface area (Å²) in [6, 6.07) is 2.68. The highest BCUT2D eigenvalue weighted by atomic mass is 79.9. The Morgan fingerprint density at radius 3 is 2.58 bits per heavy atom. The number of piperidine rings is 1. The summed E-state index contributed by atoms with van der Waals surface area (Å²) in [7, 11) is 1.74. The molecule has 0 unspecified atom stereocenters. The van der Waals surface area contributed by atoms with Gasteiger partial charge in [-0.05, 0) is 40.9 Å². The molecule has 1 amide bonds. The van der Waals surface area contributed by atoms with Crippen LogP contribution in [0.25, 0.3) is 0 Å². The number of carbonyl (C=O) groups excluding carboxylic acids is 1. The summed E-state index contributed by atoms with van der Waals surface area (Å²) < 4.78 is 40.1. The third-order valence-corrected chi connectivity index (χ3v) is 4.81. The average molecular weight is 432 g/mol. The maximum Gasteiger partial charge on any atom is 0.417 e. The molecule has 0 spiro atoms. The minimum atomic E-state index is -4.42. The third-order valence-electron chi connectivity index (χ3n) is 4.23. The van der Waals surface area contributed by atoms with Gasteiger partial charge in [0.05, 0.1) is 10.0 Å². The van der Waals surface area contributed by atoms with Gasteiger partial charge in [-0.3, -0.25) is 9.48 Å². The lowest BCUT2D eigenvalue weighted by molar-refractivity contribution is -0.137. The van der Waals surface area contributed by atoms with Gasteiger partial charge in [-0.25, -0.2) is 4.98 Å². The Bertz CT molecular complexity index is 799. The van der Waals surface area contributed by atoms with Crippen molar-refractivity contribution < 1.29 is 18.0 Å². The zero-order valence-corrected chi connectivity index (χ0v) is 15.5. The lowest BCUT2D eigenvalue weighted by Gasteiger charge is -2.33. The first kappa shape index (κ1) is 18.7. The highest BCUT2D eigenvalue weighted by molar-refractivity contribution is 9.10. The van der Waals surface area contributed by atoms with Crippen molar-refractivity contribution in [3.8, 4) is 0 Å². The van der Waals surface area contributed by atoms with Crippen LogP contribution in [0.4, 0.5) is 19.0 Å². The van der Waals surface area contributed by atoms with E-state index in [1.807, 2.05) is 4.90 Å². The molecule has 140 valence electrons. The smallest absolute Gasteiger partial charge is 0.356 e. The number of hydrogen-bond acceptors (Lipinski definition) is 4. The van der Waals surface area contributed by atoms with E-state index >= 15 is 0 Å². The summed E-state index contributed by atoms with van der Waals surface area (Å²) in [5.41, 5.74) is -0.423. The van der Waals surface area contributed by atoms with Crippen LogP contribution in [0.1, 0.15) is 28.9 Å². The molecular weight excluding hydrogens is 415 g/mol. The maximum absolute atomic E-state index is 12.7. The van der Waals surface area contributed by atoms with Gasteiger partial charge in [-0.15, -0.1) is 0 Å². The number of nitrogens with zero attached hydrogens (tertiary/aromatic N) is 4. The molecule has 0 atom stereocenters. The maximum atomic E-state index is 12.7. The minimum Gasteiger partial charge on any atom is -0.356 e. The molecule has 1 fully saturated rings. The molecular formula is C16H17BrF3N5O. The Hall–Kier alpha value is -2.10. The number of halogens is 4. The Morgan fingerprint density at radius 1 is 1.35 bits per heavy atom. The van der Waals surface area contributed by atoms with Gasteiger partial charge < -0.3 is 10.2 Å². The van der Waals surface area contributed by atoms with Gasteiger partial charge in [0.25, 0.3) is 5.91 Å². The summed E-state index contributed by atoms with van der Waals surface area (Å²) >= 11 is 3.18. The van der Waals surface area contributed by atoms with E-state index in [-0.39, 0.29) is 11.9 Å². The first-order chi connectivity index (χ1) is 12.2. The van der Waals surface area contributed by atoms with Gasteiger partial charge in [0.15, 0.2) is 0 Å². The van der Waals surface area contributed by atoms with Gasteiger partial charge in [0.2, 0.25) is 0 Å². The minimum absolute atomic E-state index is 0.00557. The lowest BCUT2D eigenvalue weighted by atomic mass is 10.0. The largest absolute Gasteiger partial charge is 0.417 e. The predicted octanol–water partition coefficient (Wildman–Crippen LogP) is 3.00. The summed E-state index contributed by atoms with van der Waals surface area (Å²) in [5.74, 6) is 0.255. The molecule has 3 heterocycles. The Morgan fingerprint density at radius 2 is 2.04 bits per heavy atom. The number of pyridine rings is 1. The number of amides is 1. The van der Waals surface area contributed by atoms with Crippen LogP contribution < -0.4 is 10.2 Å². The number of rotatable bonds is 3. The Kier molecular flexibility index (Phi) is 5.22. The molecule has 1 aliphatic rings. The summed E-state index contributed by atoms with van der Waals surface area (Å²) in [6.45, 7) is 1.17. The monoisotopic (exact) mass is 431 g/mol. The molecule has 0 radical (unpaired) electrons. The molecule has 6 nitrogen and oxygen atoms in total. The first-order valence-electron chi connectivity index (χ1n) is 8.02. The van der Waals surface area contributed by atoms with Crippen molar-refractivity contribution in [3.63, 3.8) is 0 Å². The van der Waals surface area contributed by atoms with Crippen LogP contribution in [0, 0.1) is 0 Å². The van der Waals surface area contributed by atoms with Crippen molar-refractivity contribution >= 4 is 27.7 Å². The highest BCUT2D eigenvalue weighted by Gasteiger charge is 2.32. The normalized spacial score (nSPS) is 16.0. The van der Waals surface area contributed by atoms with Crippen molar-refractivity contribution in [2.45, 2.75) is 25.1 Å². The molecule has 0 bridgehead atoms. The fourth-order valence-corrected chi connectivity index (χ4v) is 3.45. The molecule has 1 aliphatic heterocycles. The van der Waals surface area contributed by atoms with E-state index < -0.39 is 11.7 Å².